The predicted octanol–water partition coefficient (Wildman–Crippen LogP) is 0.791. The number of aromatic carboxylic acids is 1. The molecule has 0 saturated carbocycles. The number of amides is 3. The maximum absolute atomic E-state index is 12.8. The molecule has 1 atom stereocenters. The Bertz CT molecular complexity index is 755. The molecule has 3 rings (SSSR count). The number of carbonyl (C=O) groups is 4. The Morgan fingerprint density at radius 1 is 1.11 bits per heavy atom. The van der Waals surface area contributed by atoms with Gasteiger partial charge in [-0.3, -0.25) is 14.5 Å². The predicted molar refractivity (Wildman–Crippen MR) is 94.5 cm³/mol. The number of imide groups is 1. The summed E-state index contributed by atoms with van der Waals surface area (Å²) in [7, 11) is 0. The summed E-state index contributed by atoms with van der Waals surface area (Å²) in [6.07, 6.45) is -0.301. The van der Waals surface area contributed by atoms with E-state index in [2.05, 4.69) is 0 Å². The van der Waals surface area contributed by atoms with Gasteiger partial charge in [0.15, 0.2) is 0 Å². The number of nitrogens with zero attached hydrogens (tertiary/aromatic N) is 3. The highest BCUT2D eigenvalue weighted by atomic mass is 16.6. The molecule has 2 heterocycles. The van der Waals surface area contributed by atoms with Gasteiger partial charge in [0.2, 0.25) is 5.91 Å². The molecule has 2 aliphatic rings. The van der Waals surface area contributed by atoms with Gasteiger partial charge in [-0.2, -0.15) is 0 Å². The molecule has 0 aromatic heterocycles. The fourth-order valence-corrected chi connectivity index (χ4v) is 3.36. The molecule has 0 aliphatic carbocycles. The molecule has 3 amide bonds. The van der Waals surface area contributed by atoms with Gasteiger partial charge in [-0.15, -0.1) is 0 Å². The van der Waals surface area contributed by atoms with E-state index in [1.54, 1.807) is 11.8 Å². The fourth-order valence-electron chi connectivity index (χ4n) is 3.36. The van der Waals surface area contributed by atoms with Gasteiger partial charge in [-0.05, 0) is 31.2 Å². The van der Waals surface area contributed by atoms with Crippen LogP contribution in [0.5, 0.6) is 0 Å². The standard InChI is InChI=1S/C18H21N3O6/c1-2-27-18(26)20-9-7-19(8-10-20)14-11-15(22)21(16(14)23)13-5-3-12(4-6-13)17(24)25/h3-6,14H,2,7-11H2,1H3,(H,24,25)/t14-/m1/s1. The molecule has 2 fully saturated rings. The molecule has 2 saturated heterocycles. The highest BCUT2D eigenvalue weighted by Gasteiger charge is 2.43. The number of carboxylic acid groups (broad SMARTS) is 1. The monoisotopic (exact) mass is 375 g/mol. The molecule has 0 bridgehead atoms. The van der Waals surface area contributed by atoms with E-state index in [1.807, 2.05) is 4.90 Å². The van der Waals surface area contributed by atoms with E-state index in [-0.39, 0.29) is 29.9 Å². The number of carbonyl (C=O) groups excluding carboxylic acids is 3. The first-order valence-corrected chi connectivity index (χ1v) is 8.78. The number of carboxylic acids is 1. The minimum Gasteiger partial charge on any atom is -0.478 e. The van der Waals surface area contributed by atoms with Gasteiger partial charge in [0.05, 0.1) is 30.3 Å². The third-order valence-corrected chi connectivity index (χ3v) is 4.78. The molecule has 0 radical (unpaired) electrons. The molecule has 1 N–H and O–H groups in total. The summed E-state index contributed by atoms with van der Waals surface area (Å²) in [5.41, 5.74) is 0.451. The van der Waals surface area contributed by atoms with Gasteiger partial charge in [-0.25, -0.2) is 14.5 Å². The number of hydrogen-bond acceptors (Lipinski definition) is 6. The Hall–Kier alpha value is -2.94. The lowest BCUT2D eigenvalue weighted by Gasteiger charge is -2.36. The molecular formula is C18H21N3O6. The first kappa shape index (κ1) is 18.8. The number of anilines is 1. The SMILES string of the molecule is CCOC(=O)N1CCN([C@@H]2CC(=O)N(c3ccc(C(=O)O)cc3)C2=O)CC1. The minimum absolute atomic E-state index is 0.0684. The smallest absolute Gasteiger partial charge is 0.409 e. The van der Waals surface area contributed by atoms with Gasteiger partial charge < -0.3 is 14.7 Å². The topological polar surface area (TPSA) is 107 Å². The van der Waals surface area contributed by atoms with Gasteiger partial charge >= 0.3 is 12.1 Å². The maximum Gasteiger partial charge on any atom is 0.409 e. The third-order valence-electron chi connectivity index (χ3n) is 4.78. The lowest BCUT2D eigenvalue weighted by atomic mass is 10.1. The van der Waals surface area contributed by atoms with E-state index >= 15 is 0 Å². The van der Waals surface area contributed by atoms with Crippen LogP contribution in [-0.4, -0.2) is 77.6 Å². The summed E-state index contributed by atoms with van der Waals surface area (Å²) in [6, 6.07) is 5.08. The number of piperazine rings is 1. The van der Waals surface area contributed by atoms with Crippen LogP contribution >= 0.6 is 0 Å². The number of rotatable bonds is 4. The zero-order valence-electron chi connectivity index (χ0n) is 15.0. The first-order valence-electron chi connectivity index (χ1n) is 8.78. The normalized spacial score (nSPS) is 20.9. The molecule has 9 heteroatoms. The van der Waals surface area contributed by atoms with Crippen LogP contribution in [0.15, 0.2) is 24.3 Å². The summed E-state index contributed by atoms with van der Waals surface area (Å²) >= 11 is 0. The third kappa shape index (κ3) is 3.77. The van der Waals surface area contributed by atoms with Crippen molar-refractivity contribution in [3.8, 4) is 0 Å². The van der Waals surface area contributed by atoms with E-state index in [9.17, 15) is 19.2 Å². The second-order valence-electron chi connectivity index (χ2n) is 6.36. The lowest BCUT2D eigenvalue weighted by Crippen LogP contribution is -2.54. The van der Waals surface area contributed by atoms with E-state index in [4.69, 9.17) is 9.84 Å². The Labute approximate surface area is 156 Å². The summed E-state index contributed by atoms with van der Waals surface area (Å²) in [5.74, 6) is -1.72. The summed E-state index contributed by atoms with van der Waals surface area (Å²) in [5, 5.41) is 8.96. The quantitative estimate of drug-likeness (QED) is 0.775. The summed E-state index contributed by atoms with van der Waals surface area (Å²) in [4.78, 5) is 52.5. The average Bonchev–Trinajstić information content (AvgIpc) is 2.96. The molecule has 2 aliphatic heterocycles. The van der Waals surface area contributed by atoms with Crippen LogP contribution in [0.25, 0.3) is 0 Å². The van der Waals surface area contributed by atoms with Crippen molar-refractivity contribution in [2.75, 3.05) is 37.7 Å². The van der Waals surface area contributed by atoms with Crippen molar-refractivity contribution in [3.63, 3.8) is 0 Å². The van der Waals surface area contributed by atoms with Gasteiger partial charge in [0.25, 0.3) is 5.91 Å². The van der Waals surface area contributed by atoms with Crippen LogP contribution in [-0.2, 0) is 14.3 Å². The van der Waals surface area contributed by atoms with Crippen molar-refractivity contribution in [1.82, 2.24) is 9.80 Å². The van der Waals surface area contributed by atoms with Crippen LogP contribution in [0.2, 0.25) is 0 Å². The Morgan fingerprint density at radius 2 is 1.74 bits per heavy atom. The van der Waals surface area contributed by atoms with Crippen molar-refractivity contribution in [1.29, 1.82) is 0 Å². The average molecular weight is 375 g/mol. The number of hydrogen-bond donors (Lipinski definition) is 1. The van der Waals surface area contributed by atoms with E-state index < -0.39 is 12.0 Å². The van der Waals surface area contributed by atoms with Crippen molar-refractivity contribution in [2.24, 2.45) is 0 Å². The van der Waals surface area contributed by atoms with Gasteiger partial charge in [0, 0.05) is 26.2 Å². The van der Waals surface area contributed by atoms with E-state index in [0.29, 0.717) is 38.5 Å². The van der Waals surface area contributed by atoms with E-state index in [1.165, 1.54) is 24.3 Å². The molecule has 0 unspecified atom stereocenters. The van der Waals surface area contributed by atoms with Crippen molar-refractivity contribution >= 4 is 29.6 Å². The number of ether oxygens (including phenoxy) is 1. The lowest BCUT2D eigenvalue weighted by molar-refractivity contribution is -0.123. The molecule has 27 heavy (non-hydrogen) atoms. The van der Waals surface area contributed by atoms with Gasteiger partial charge in [-0.1, -0.05) is 0 Å². The highest BCUT2D eigenvalue weighted by Crippen LogP contribution is 2.26. The number of benzene rings is 1. The van der Waals surface area contributed by atoms with Gasteiger partial charge in [0.1, 0.15) is 0 Å². The zero-order valence-corrected chi connectivity index (χ0v) is 15.0. The Balaban J connectivity index is 1.66. The fraction of sp³-hybridized carbons (Fsp3) is 0.444. The second-order valence-corrected chi connectivity index (χ2v) is 6.36. The van der Waals surface area contributed by atoms with Crippen LogP contribution < -0.4 is 4.90 Å². The second kappa shape index (κ2) is 7.75. The summed E-state index contributed by atoms with van der Waals surface area (Å²) in [6.45, 7) is 3.88. The largest absolute Gasteiger partial charge is 0.478 e. The molecule has 9 nitrogen and oxygen atoms in total. The summed E-state index contributed by atoms with van der Waals surface area (Å²) < 4.78 is 4.98. The Kier molecular flexibility index (Phi) is 5.41. The highest BCUT2D eigenvalue weighted by molar-refractivity contribution is 6.22. The van der Waals surface area contributed by atoms with E-state index in [0.717, 1.165) is 4.90 Å². The van der Waals surface area contributed by atoms with Crippen LogP contribution in [0.3, 0.4) is 0 Å². The van der Waals surface area contributed by atoms with Crippen molar-refractivity contribution < 1.29 is 29.0 Å². The first-order chi connectivity index (χ1) is 12.9. The molecule has 1 aromatic carbocycles. The molecule has 0 spiro atoms. The zero-order chi connectivity index (χ0) is 19.6. The molecule has 1 aromatic rings. The van der Waals surface area contributed by atoms with Crippen LogP contribution in [0.4, 0.5) is 10.5 Å². The Morgan fingerprint density at radius 3 is 2.30 bits per heavy atom. The molecular weight excluding hydrogens is 354 g/mol. The van der Waals surface area contributed by atoms with Crippen LogP contribution in [0.1, 0.15) is 23.7 Å². The molecule has 144 valence electrons. The van der Waals surface area contributed by atoms with Crippen molar-refractivity contribution in [3.05, 3.63) is 29.8 Å². The van der Waals surface area contributed by atoms with Crippen molar-refractivity contribution in [2.45, 2.75) is 19.4 Å². The minimum atomic E-state index is -1.07. The maximum atomic E-state index is 12.8. The van der Waals surface area contributed by atoms with Crippen LogP contribution in [0, 0.1) is 0 Å².